The summed E-state index contributed by atoms with van der Waals surface area (Å²) in [7, 11) is 1.92. The lowest BCUT2D eigenvalue weighted by Gasteiger charge is -2.07. The Bertz CT molecular complexity index is 450. The van der Waals surface area contributed by atoms with Gasteiger partial charge >= 0.3 is 0 Å². The Morgan fingerprint density at radius 2 is 2.29 bits per heavy atom. The summed E-state index contributed by atoms with van der Waals surface area (Å²) in [6.45, 7) is 1.96. The van der Waals surface area contributed by atoms with E-state index in [4.69, 9.17) is 0 Å². The minimum Gasteiger partial charge on any atom is -0.342 e. The number of rotatable bonds is 2. The van der Waals surface area contributed by atoms with Gasteiger partial charge in [-0.25, -0.2) is 4.98 Å². The Balaban J connectivity index is 2.50. The van der Waals surface area contributed by atoms with Gasteiger partial charge in [-0.1, -0.05) is 22.0 Å². The number of hydrogen-bond donors (Lipinski definition) is 2. The maximum Gasteiger partial charge on any atom is 0.104 e. The van der Waals surface area contributed by atoms with Crippen molar-refractivity contribution in [2.75, 3.05) is 7.05 Å². The molecule has 2 aromatic rings. The number of nitrogens with one attached hydrogen (secondary N) is 2. The number of alkyl halides is 1. The Morgan fingerprint density at radius 3 is 3.00 bits per heavy atom. The lowest BCUT2D eigenvalue weighted by Crippen LogP contribution is -2.08. The fourth-order valence-corrected chi connectivity index (χ4v) is 1.76. The van der Waals surface area contributed by atoms with E-state index in [1.54, 1.807) is 0 Å². The summed E-state index contributed by atoms with van der Waals surface area (Å²) in [5.74, 6) is 0.952. The summed E-state index contributed by atoms with van der Waals surface area (Å²) < 4.78 is 0. The average molecular weight is 254 g/mol. The predicted octanol–water partition coefficient (Wildman–Crippen LogP) is 2.48. The van der Waals surface area contributed by atoms with E-state index in [2.05, 4.69) is 43.3 Å². The molecule has 0 aliphatic rings. The molecule has 74 valence electrons. The molecule has 14 heavy (non-hydrogen) atoms. The van der Waals surface area contributed by atoms with Crippen LogP contribution < -0.4 is 5.32 Å². The third kappa shape index (κ3) is 1.67. The molecule has 0 aliphatic heterocycles. The summed E-state index contributed by atoms with van der Waals surface area (Å²) in [4.78, 5) is 7.76. The number of benzene rings is 1. The number of fused-ring (bicyclic) bond motifs is 1. The van der Waals surface area contributed by atoms with Crippen LogP contribution in [-0.2, 0) is 0 Å². The molecule has 1 unspecified atom stereocenters. The molecule has 0 radical (unpaired) electrons. The normalized spacial score (nSPS) is 13.4. The molecular formula is C10H12BrN3. The highest BCUT2D eigenvalue weighted by molar-refractivity contribution is 9.09. The monoisotopic (exact) mass is 253 g/mol. The van der Waals surface area contributed by atoms with Gasteiger partial charge in [-0.05, 0) is 31.7 Å². The quantitative estimate of drug-likeness (QED) is 0.638. The van der Waals surface area contributed by atoms with Crippen molar-refractivity contribution in [2.45, 2.75) is 11.9 Å². The van der Waals surface area contributed by atoms with Crippen LogP contribution in [0.25, 0.3) is 11.0 Å². The van der Waals surface area contributed by atoms with Crippen LogP contribution in [0.5, 0.6) is 0 Å². The van der Waals surface area contributed by atoms with Gasteiger partial charge in [0.2, 0.25) is 0 Å². The number of nitrogens with zero attached hydrogens (tertiary/aromatic N) is 1. The van der Waals surface area contributed by atoms with Crippen molar-refractivity contribution in [3.05, 3.63) is 29.6 Å². The van der Waals surface area contributed by atoms with Crippen molar-refractivity contribution in [3.63, 3.8) is 0 Å². The molecule has 4 heteroatoms. The molecule has 1 heterocycles. The SMILES string of the molecule is CNC(Br)c1ccc2nc(C)[nH]c2c1. The number of H-pyrrole nitrogens is 1. The van der Waals surface area contributed by atoms with Gasteiger partial charge in [0.05, 0.1) is 16.0 Å². The van der Waals surface area contributed by atoms with Gasteiger partial charge in [0, 0.05) is 0 Å². The van der Waals surface area contributed by atoms with E-state index in [0.717, 1.165) is 16.9 Å². The maximum atomic E-state index is 4.35. The first-order valence-electron chi connectivity index (χ1n) is 4.48. The van der Waals surface area contributed by atoms with Crippen molar-refractivity contribution < 1.29 is 0 Å². The van der Waals surface area contributed by atoms with E-state index < -0.39 is 0 Å². The first-order chi connectivity index (χ1) is 6.70. The number of imidazole rings is 1. The maximum absolute atomic E-state index is 4.35. The summed E-state index contributed by atoms with van der Waals surface area (Å²) in [6.07, 6.45) is 0. The fourth-order valence-electron chi connectivity index (χ4n) is 1.48. The number of halogens is 1. The molecule has 2 rings (SSSR count). The fraction of sp³-hybridized carbons (Fsp3) is 0.300. The van der Waals surface area contributed by atoms with Crippen LogP contribution in [0.15, 0.2) is 18.2 Å². The van der Waals surface area contributed by atoms with Crippen molar-refractivity contribution in [1.29, 1.82) is 0 Å². The Labute approximate surface area is 91.1 Å². The molecule has 3 nitrogen and oxygen atoms in total. The zero-order valence-corrected chi connectivity index (χ0v) is 9.72. The molecule has 1 aromatic heterocycles. The van der Waals surface area contributed by atoms with E-state index in [0.29, 0.717) is 0 Å². The first kappa shape index (κ1) is 9.68. The first-order valence-corrected chi connectivity index (χ1v) is 5.40. The summed E-state index contributed by atoms with van der Waals surface area (Å²) in [5.41, 5.74) is 3.30. The molecule has 0 saturated carbocycles. The topological polar surface area (TPSA) is 40.7 Å². The number of hydrogen-bond acceptors (Lipinski definition) is 2. The van der Waals surface area contributed by atoms with Gasteiger partial charge < -0.3 is 10.3 Å². The van der Waals surface area contributed by atoms with Crippen LogP contribution in [0.2, 0.25) is 0 Å². The minimum atomic E-state index is 0.190. The van der Waals surface area contributed by atoms with E-state index in [1.165, 1.54) is 5.56 Å². The largest absolute Gasteiger partial charge is 0.342 e. The Kier molecular flexibility index (Phi) is 2.56. The lowest BCUT2D eigenvalue weighted by molar-refractivity contribution is 0.809. The molecule has 0 amide bonds. The zero-order chi connectivity index (χ0) is 10.1. The van der Waals surface area contributed by atoms with E-state index in [9.17, 15) is 0 Å². The highest BCUT2D eigenvalue weighted by Crippen LogP contribution is 2.22. The Morgan fingerprint density at radius 1 is 1.50 bits per heavy atom. The van der Waals surface area contributed by atoms with Gasteiger partial charge in [0.15, 0.2) is 0 Å². The van der Waals surface area contributed by atoms with E-state index in [-0.39, 0.29) is 4.95 Å². The molecule has 1 atom stereocenters. The smallest absolute Gasteiger partial charge is 0.104 e. The van der Waals surface area contributed by atoms with Crippen LogP contribution in [0.3, 0.4) is 0 Å². The van der Waals surface area contributed by atoms with Crippen LogP contribution in [-0.4, -0.2) is 17.0 Å². The summed E-state index contributed by atoms with van der Waals surface area (Å²) >= 11 is 3.53. The highest BCUT2D eigenvalue weighted by Gasteiger charge is 2.06. The third-order valence-corrected chi connectivity index (χ3v) is 3.16. The van der Waals surface area contributed by atoms with Gasteiger partial charge in [-0.2, -0.15) is 0 Å². The van der Waals surface area contributed by atoms with Crippen molar-refractivity contribution in [3.8, 4) is 0 Å². The zero-order valence-electron chi connectivity index (χ0n) is 8.13. The second-order valence-electron chi connectivity index (χ2n) is 3.25. The second kappa shape index (κ2) is 3.71. The van der Waals surface area contributed by atoms with E-state index in [1.807, 2.05) is 20.0 Å². The average Bonchev–Trinajstić information content (AvgIpc) is 2.55. The van der Waals surface area contributed by atoms with Crippen LogP contribution in [0.4, 0.5) is 0 Å². The van der Waals surface area contributed by atoms with Gasteiger partial charge in [0.1, 0.15) is 5.82 Å². The number of aromatic amines is 1. The molecule has 2 N–H and O–H groups in total. The van der Waals surface area contributed by atoms with Crippen LogP contribution in [0, 0.1) is 6.92 Å². The standard InChI is InChI=1S/C10H12BrN3/c1-6-13-8-4-3-7(10(11)12-2)5-9(8)14-6/h3-5,10,12H,1-2H3,(H,13,14). The Hall–Kier alpha value is -0.870. The van der Waals surface area contributed by atoms with Gasteiger partial charge in [-0.3, -0.25) is 0 Å². The molecule has 0 saturated heterocycles. The van der Waals surface area contributed by atoms with Crippen molar-refractivity contribution in [2.24, 2.45) is 0 Å². The molecule has 1 aromatic carbocycles. The highest BCUT2D eigenvalue weighted by atomic mass is 79.9. The van der Waals surface area contributed by atoms with Crippen LogP contribution >= 0.6 is 15.9 Å². The molecular weight excluding hydrogens is 242 g/mol. The molecule has 0 spiro atoms. The number of aromatic nitrogens is 2. The van der Waals surface area contributed by atoms with Gasteiger partial charge in [0.25, 0.3) is 0 Å². The van der Waals surface area contributed by atoms with Crippen molar-refractivity contribution in [1.82, 2.24) is 15.3 Å². The predicted molar refractivity (Wildman–Crippen MR) is 61.6 cm³/mol. The molecule has 0 bridgehead atoms. The van der Waals surface area contributed by atoms with Crippen LogP contribution in [0.1, 0.15) is 16.3 Å². The summed E-state index contributed by atoms with van der Waals surface area (Å²) in [6, 6.07) is 6.20. The molecule has 0 fully saturated rings. The minimum absolute atomic E-state index is 0.190. The third-order valence-electron chi connectivity index (χ3n) is 2.17. The van der Waals surface area contributed by atoms with Gasteiger partial charge in [-0.15, -0.1) is 0 Å². The lowest BCUT2D eigenvalue weighted by atomic mass is 10.2. The molecule has 0 aliphatic carbocycles. The number of aryl methyl sites for hydroxylation is 1. The van der Waals surface area contributed by atoms with Crippen molar-refractivity contribution >= 4 is 27.0 Å². The summed E-state index contributed by atoms with van der Waals surface area (Å²) in [5, 5.41) is 3.14. The second-order valence-corrected chi connectivity index (χ2v) is 4.17. The van der Waals surface area contributed by atoms with E-state index >= 15 is 0 Å².